The number of rotatable bonds is 8. The molecule has 3 N–H and O–H groups in total. The number of hydrogen-bond acceptors (Lipinski definition) is 2. The highest BCUT2D eigenvalue weighted by atomic mass is 16.1. The second-order valence-corrected chi connectivity index (χ2v) is 5.50. The maximum absolute atomic E-state index is 12.1. The van der Waals surface area contributed by atoms with Crippen molar-refractivity contribution in [2.45, 2.75) is 53.0 Å². The lowest BCUT2D eigenvalue weighted by Crippen LogP contribution is -2.26. The second-order valence-electron chi connectivity index (χ2n) is 5.50. The zero-order valence-electron chi connectivity index (χ0n) is 12.4. The number of aryl methyl sites for hydroxylation is 1. The van der Waals surface area contributed by atoms with Gasteiger partial charge in [-0.05, 0) is 24.8 Å². The first-order valence-electron chi connectivity index (χ1n) is 7.28. The highest BCUT2D eigenvalue weighted by Gasteiger charge is 2.11. The van der Waals surface area contributed by atoms with E-state index in [9.17, 15) is 4.79 Å². The van der Waals surface area contributed by atoms with Gasteiger partial charge >= 0.3 is 0 Å². The number of nitrogens with two attached hydrogens (primary N) is 1. The first kappa shape index (κ1) is 15.6. The molecule has 4 heteroatoms. The van der Waals surface area contributed by atoms with E-state index in [-0.39, 0.29) is 5.91 Å². The smallest absolute Gasteiger partial charge is 0.267 e. The monoisotopic (exact) mass is 265 g/mol. The Bertz CT molecular complexity index is 396. The predicted octanol–water partition coefficient (Wildman–Crippen LogP) is 3.04. The molecule has 0 aromatic carbocycles. The zero-order valence-corrected chi connectivity index (χ0v) is 12.4. The molecule has 1 amide bonds. The molecule has 1 heterocycles. The maximum atomic E-state index is 12.1. The minimum atomic E-state index is -0.0188. The molecule has 0 saturated carbocycles. The normalized spacial score (nSPS) is 10.9. The van der Waals surface area contributed by atoms with Gasteiger partial charge in [-0.2, -0.15) is 0 Å². The third kappa shape index (κ3) is 5.37. The van der Waals surface area contributed by atoms with Gasteiger partial charge in [-0.1, -0.05) is 33.6 Å². The van der Waals surface area contributed by atoms with Gasteiger partial charge in [-0.3, -0.25) is 4.79 Å². The van der Waals surface area contributed by atoms with Crippen LogP contribution in [0.4, 0.5) is 5.69 Å². The summed E-state index contributed by atoms with van der Waals surface area (Å²) in [7, 11) is 0. The number of aromatic nitrogens is 1. The lowest BCUT2D eigenvalue weighted by atomic mass is 10.1. The molecule has 0 saturated heterocycles. The molecular formula is C15H27N3O. The zero-order chi connectivity index (χ0) is 14.3. The summed E-state index contributed by atoms with van der Waals surface area (Å²) in [5, 5.41) is 2.97. The van der Waals surface area contributed by atoms with Gasteiger partial charge < -0.3 is 15.6 Å². The Hall–Kier alpha value is -1.45. The van der Waals surface area contributed by atoms with Crippen molar-refractivity contribution in [3.63, 3.8) is 0 Å². The quantitative estimate of drug-likeness (QED) is 0.710. The molecule has 19 heavy (non-hydrogen) atoms. The summed E-state index contributed by atoms with van der Waals surface area (Å²) >= 11 is 0. The van der Waals surface area contributed by atoms with Gasteiger partial charge in [-0.15, -0.1) is 0 Å². The Balaban J connectivity index is 2.40. The molecule has 1 aromatic heterocycles. The van der Waals surface area contributed by atoms with Crippen LogP contribution in [-0.4, -0.2) is 17.0 Å². The highest BCUT2D eigenvalue weighted by molar-refractivity contribution is 5.93. The van der Waals surface area contributed by atoms with Crippen LogP contribution in [0.3, 0.4) is 0 Å². The van der Waals surface area contributed by atoms with Crippen molar-refractivity contribution in [1.29, 1.82) is 0 Å². The second kappa shape index (κ2) is 7.87. The van der Waals surface area contributed by atoms with E-state index in [0.717, 1.165) is 38.3 Å². The van der Waals surface area contributed by atoms with Crippen LogP contribution in [0.2, 0.25) is 0 Å². The van der Waals surface area contributed by atoms with Crippen molar-refractivity contribution >= 4 is 11.6 Å². The van der Waals surface area contributed by atoms with Crippen LogP contribution < -0.4 is 11.1 Å². The summed E-state index contributed by atoms with van der Waals surface area (Å²) < 4.78 is 1.93. The van der Waals surface area contributed by atoms with Crippen LogP contribution in [0.15, 0.2) is 12.3 Å². The number of anilines is 1. The fraction of sp³-hybridized carbons (Fsp3) is 0.667. The number of carbonyl (C=O) groups excluding carboxylic acids is 1. The van der Waals surface area contributed by atoms with Gasteiger partial charge in [0.2, 0.25) is 0 Å². The van der Waals surface area contributed by atoms with E-state index >= 15 is 0 Å². The average Bonchev–Trinajstić information content (AvgIpc) is 2.70. The van der Waals surface area contributed by atoms with Crippen LogP contribution in [0.25, 0.3) is 0 Å². The van der Waals surface area contributed by atoms with Crippen molar-refractivity contribution in [2.75, 3.05) is 12.3 Å². The number of carbonyl (C=O) groups is 1. The number of hydrogen-bond donors (Lipinski definition) is 2. The Kier molecular flexibility index (Phi) is 6.46. The van der Waals surface area contributed by atoms with E-state index in [2.05, 4.69) is 26.1 Å². The Morgan fingerprint density at radius 2 is 2.16 bits per heavy atom. The molecule has 4 nitrogen and oxygen atoms in total. The minimum Gasteiger partial charge on any atom is -0.397 e. The summed E-state index contributed by atoms with van der Waals surface area (Å²) in [6.45, 7) is 8.10. The number of nitrogen functional groups attached to an aromatic ring is 1. The van der Waals surface area contributed by atoms with Crippen LogP contribution in [-0.2, 0) is 6.54 Å². The molecule has 0 aliphatic carbocycles. The SMILES string of the molecule is CCCn1cc(N)cc1C(=O)NCCCCC(C)C. The van der Waals surface area contributed by atoms with Crippen LogP contribution in [0.1, 0.15) is 56.9 Å². The Morgan fingerprint density at radius 3 is 2.79 bits per heavy atom. The number of amides is 1. The average molecular weight is 265 g/mol. The topological polar surface area (TPSA) is 60.0 Å². The van der Waals surface area contributed by atoms with Crippen molar-refractivity contribution in [2.24, 2.45) is 5.92 Å². The summed E-state index contributed by atoms with van der Waals surface area (Å²) in [6.07, 6.45) is 6.24. The fourth-order valence-electron chi connectivity index (χ4n) is 2.12. The molecule has 0 aliphatic heterocycles. The highest BCUT2D eigenvalue weighted by Crippen LogP contribution is 2.11. The van der Waals surface area contributed by atoms with E-state index in [0.29, 0.717) is 11.4 Å². The minimum absolute atomic E-state index is 0.0188. The third-order valence-corrected chi connectivity index (χ3v) is 3.11. The molecule has 0 unspecified atom stereocenters. The fourth-order valence-corrected chi connectivity index (χ4v) is 2.12. The van der Waals surface area contributed by atoms with E-state index < -0.39 is 0 Å². The standard InChI is InChI=1S/C15H27N3O/c1-4-9-18-11-13(16)10-14(18)15(19)17-8-6-5-7-12(2)3/h10-12H,4-9,16H2,1-3H3,(H,17,19). The molecule has 0 aliphatic rings. The number of nitrogens with one attached hydrogen (secondary N) is 1. The maximum Gasteiger partial charge on any atom is 0.267 e. The van der Waals surface area contributed by atoms with Crippen LogP contribution >= 0.6 is 0 Å². The van der Waals surface area contributed by atoms with Gasteiger partial charge in [0, 0.05) is 19.3 Å². The summed E-state index contributed by atoms with van der Waals surface area (Å²) in [6, 6.07) is 1.75. The molecule has 0 bridgehead atoms. The van der Waals surface area contributed by atoms with Gasteiger partial charge in [0.1, 0.15) is 5.69 Å². The van der Waals surface area contributed by atoms with Gasteiger partial charge in [0.25, 0.3) is 5.91 Å². The molecule has 1 rings (SSSR count). The first-order valence-corrected chi connectivity index (χ1v) is 7.28. The van der Waals surface area contributed by atoms with Crippen molar-refractivity contribution in [3.8, 4) is 0 Å². The van der Waals surface area contributed by atoms with Gasteiger partial charge in [0.05, 0.1) is 5.69 Å². The molecular weight excluding hydrogens is 238 g/mol. The van der Waals surface area contributed by atoms with Gasteiger partial charge in [0.15, 0.2) is 0 Å². The number of nitrogens with zero attached hydrogens (tertiary/aromatic N) is 1. The van der Waals surface area contributed by atoms with Crippen molar-refractivity contribution in [3.05, 3.63) is 18.0 Å². The molecule has 0 fully saturated rings. The lowest BCUT2D eigenvalue weighted by molar-refractivity contribution is 0.0943. The van der Waals surface area contributed by atoms with E-state index in [1.54, 1.807) is 6.07 Å². The van der Waals surface area contributed by atoms with Crippen molar-refractivity contribution < 1.29 is 4.79 Å². The summed E-state index contributed by atoms with van der Waals surface area (Å²) in [5.74, 6) is 0.715. The van der Waals surface area contributed by atoms with Gasteiger partial charge in [-0.25, -0.2) is 0 Å². The molecule has 0 spiro atoms. The van der Waals surface area contributed by atoms with E-state index in [1.807, 2.05) is 10.8 Å². The van der Waals surface area contributed by atoms with Crippen molar-refractivity contribution in [1.82, 2.24) is 9.88 Å². The van der Waals surface area contributed by atoms with E-state index in [4.69, 9.17) is 5.73 Å². The lowest BCUT2D eigenvalue weighted by Gasteiger charge is -2.09. The number of unbranched alkanes of at least 4 members (excludes halogenated alkanes) is 1. The van der Waals surface area contributed by atoms with Crippen LogP contribution in [0.5, 0.6) is 0 Å². The van der Waals surface area contributed by atoms with Crippen LogP contribution in [0, 0.1) is 5.92 Å². The predicted molar refractivity (Wildman–Crippen MR) is 80.2 cm³/mol. The molecule has 108 valence electrons. The molecule has 0 atom stereocenters. The molecule has 1 aromatic rings. The third-order valence-electron chi connectivity index (χ3n) is 3.11. The Morgan fingerprint density at radius 1 is 1.42 bits per heavy atom. The molecule has 0 radical (unpaired) electrons. The Labute approximate surface area is 116 Å². The summed E-state index contributed by atoms with van der Waals surface area (Å²) in [4.78, 5) is 12.1. The largest absolute Gasteiger partial charge is 0.397 e. The summed E-state index contributed by atoms with van der Waals surface area (Å²) in [5.41, 5.74) is 7.08. The first-order chi connectivity index (χ1) is 9.04. The van der Waals surface area contributed by atoms with E-state index in [1.165, 1.54) is 6.42 Å².